The Hall–Kier alpha value is -1.85. The third kappa shape index (κ3) is 5.37. The van der Waals surface area contributed by atoms with Crippen molar-refractivity contribution in [2.45, 2.75) is 39.0 Å². The molecule has 1 amide bonds. The minimum absolute atomic E-state index is 0.141. The second-order valence-corrected chi connectivity index (χ2v) is 5.76. The van der Waals surface area contributed by atoms with E-state index in [1.165, 1.54) is 16.8 Å². The van der Waals surface area contributed by atoms with Gasteiger partial charge in [-0.25, -0.2) is 0 Å². The van der Waals surface area contributed by atoms with E-state index in [4.69, 9.17) is 10.5 Å². The van der Waals surface area contributed by atoms with Gasteiger partial charge in [-0.3, -0.25) is 10.1 Å². The molecule has 5 N–H and O–H groups in total. The highest BCUT2D eigenvalue weighted by atomic mass is 16.5. The van der Waals surface area contributed by atoms with Crippen LogP contribution in [0.15, 0.2) is 24.4 Å². The van der Waals surface area contributed by atoms with E-state index in [9.17, 15) is 4.79 Å². The van der Waals surface area contributed by atoms with Crippen molar-refractivity contribution in [3.05, 3.63) is 30.0 Å². The summed E-state index contributed by atoms with van der Waals surface area (Å²) < 4.78 is 5.84. The Morgan fingerprint density at radius 3 is 2.96 bits per heavy atom. The predicted molar refractivity (Wildman–Crippen MR) is 92.3 cm³/mol. The molecule has 5 heteroatoms. The first kappa shape index (κ1) is 17.5. The Bertz CT molecular complexity index is 555. The van der Waals surface area contributed by atoms with Crippen molar-refractivity contribution in [2.75, 3.05) is 19.7 Å². The summed E-state index contributed by atoms with van der Waals surface area (Å²) in [5.41, 5.74) is 9.42. The summed E-state index contributed by atoms with van der Waals surface area (Å²) in [7, 11) is 0. The zero-order valence-electron chi connectivity index (χ0n) is 13.9. The third-order valence-corrected chi connectivity index (χ3v) is 3.94. The first-order valence-electron chi connectivity index (χ1n) is 8.52. The van der Waals surface area contributed by atoms with Crippen LogP contribution in [-0.2, 0) is 4.79 Å². The van der Waals surface area contributed by atoms with Gasteiger partial charge >= 0.3 is 0 Å². The van der Waals surface area contributed by atoms with Crippen LogP contribution in [0.25, 0.3) is 5.57 Å². The lowest BCUT2D eigenvalue weighted by molar-refractivity contribution is -0.491. The molecule has 2 rings (SSSR count). The average molecular weight is 318 g/mol. The van der Waals surface area contributed by atoms with Crippen LogP contribution in [-0.4, -0.2) is 25.6 Å². The van der Waals surface area contributed by atoms with Gasteiger partial charge in [-0.1, -0.05) is 0 Å². The van der Waals surface area contributed by atoms with Gasteiger partial charge in [-0.15, -0.1) is 0 Å². The fourth-order valence-corrected chi connectivity index (χ4v) is 2.74. The van der Waals surface area contributed by atoms with Crippen LogP contribution in [0.5, 0.6) is 5.75 Å². The summed E-state index contributed by atoms with van der Waals surface area (Å²) >= 11 is 0. The molecule has 0 fully saturated rings. The fraction of sp³-hybridized carbons (Fsp3) is 0.500. The zero-order valence-corrected chi connectivity index (χ0v) is 13.9. The van der Waals surface area contributed by atoms with Crippen molar-refractivity contribution in [1.29, 1.82) is 0 Å². The molecule has 23 heavy (non-hydrogen) atoms. The molecular formula is C18H28N3O2+. The van der Waals surface area contributed by atoms with Gasteiger partial charge in [0.2, 0.25) is 5.91 Å². The van der Waals surface area contributed by atoms with E-state index < -0.39 is 0 Å². The van der Waals surface area contributed by atoms with Crippen molar-refractivity contribution in [3.8, 4) is 5.75 Å². The van der Waals surface area contributed by atoms with Crippen molar-refractivity contribution < 1.29 is 14.8 Å². The maximum Gasteiger partial charge on any atom is 0.219 e. The van der Waals surface area contributed by atoms with Gasteiger partial charge in [0.05, 0.1) is 6.61 Å². The number of nitrogens with two attached hydrogens (primary N) is 2. The molecule has 0 bridgehead atoms. The standard InChI is InChI=1S/C18H27N3O2/c1-2-20-18(22)6-4-3-5-11-23-15-7-8-17-16(12-15)14(9-10-19)13-21-17/h7-8,12-13,21H,2-6,9-11,19H2,1H3,(H,20,22)/p+1. The maximum absolute atomic E-state index is 11.3. The fourth-order valence-electron chi connectivity index (χ4n) is 2.74. The Balaban J connectivity index is 1.70. The molecular weight excluding hydrogens is 290 g/mol. The SMILES string of the molecule is CCNC(=O)CCCCCOc1ccc2c(c1)C(CCN)=C[NH2+]2. The van der Waals surface area contributed by atoms with Crippen molar-refractivity contribution in [1.82, 2.24) is 5.32 Å². The summed E-state index contributed by atoms with van der Waals surface area (Å²) in [5.74, 6) is 1.05. The Morgan fingerprint density at radius 1 is 1.30 bits per heavy atom. The van der Waals surface area contributed by atoms with E-state index in [1.807, 2.05) is 13.0 Å². The molecule has 1 aromatic rings. The Labute approximate surface area is 138 Å². The quantitative estimate of drug-likeness (QED) is 0.453. The van der Waals surface area contributed by atoms with E-state index in [-0.39, 0.29) is 5.91 Å². The molecule has 0 saturated carbocycles. The van der Waals surface area contributed by atoms with Gasteiger partial charge in [-0.2, -0.15) is 0 Å². The van der Waals surface area contributed by atoms with Gasteiger partial charge in [0.25, 0.3) is 0 Å². The number of hydrogen-bond acceptors (Lipinski definition) is 3. The van der Waals surface area contributed by atoms with E-state index >= 15 is 0 Å². The topological polar surface area (TPSA) is 81.0 Å². The summed E-state index contributed by atoms with van der Waals surface area (Å²) in [6, 6.07) is 6.22. The van der Waals surface area contributed by atoms with Crippen LogP contribution in [0.4, 0.5) is 5.69 Å². The molecule has 0 aliphatic carbocycles. The molecule has 0 radical (unpaired) electrons. The van der Waals surface area contributed by atoms with Crippen LogP contribution in [0.3, 0.4) is 0 Å². The number of fused-ring (bicyclic) bond motifs is 1. The normalized spacial score (nSPS) is 12.7. The highest BCUT2D eigenvalue weighted by Crippen LogP contribution is 2.29. The molecule has 0 saturated heterocycles. The summed E-state index contributed by atoms with van der Waals surface area (Å²) in [6.45, 7) is 4.00. The number of ether oxygens (including phenoxy) is 1. The molecule has 1 aliphatic rings. The molecule has 0 unspecified atom stereocenters. The number of unbranched alkanes of at least 4 members (excludes halogenated alkanes) is 2. The van der Waals surface area contributed by atoms with Gasteiger partial charge in [-0.05, 0) is 51.3 Å². The molecule has 1 aliphatic heterocycles. The first-order valence-corrected chi connectivity index (χ1v) is 8.52. The highest BCUT2D eigenvalue weighted by Gasteiger charge is 2.18. The number of nitrogens with one attached hydrogen (secondary N) is 1. The van der Waals surface area contributed by atoms with Crippen LogP contribution in [0.1, 0.15) is 44.6 Å². The van der Waals surface area contributed by atoms with E-state index in [0.29, 0.717) is 26.1 Å². The van der Waals surface area contributed by atoms with E-state index in [2.05, 4.69) is 29.0 Å². The molecule has 0 aromatic heterocycles. The van der Waals surface area contributed by atoms with Crippen LogP contribution in [0, 0.1) is 0 Å². The number of benzene rings is 1. The minimum Gasteiger partial charge on any atom is -0.494 e. The van der Waals surface area contributed by atoms with Crippen LogP contribution >= 0.6 is 0 Å². The van der Waals surface area contributed by atoms with Gasteiger partial charge < -0.3 is 15.8 Å². The predicted octanol–water partition coefficient (Wildman–Crippen LogP) is 1.66. The van der Waals surface area contributed by atoms with Gasteiger partial charge in [0.15, 0.2) is 0 Å². The largest absolute Gasteiger partial charge is 0.494 e. The van der Waals surface area contributed by atoms with Crippen LogP contribution in [0.2, 0.25) is 0 Å². The number of quaternary nitrogens is 1. The van der Waals surface area contributed by atoms with E-state index in [1.54, 1.807) is 0 Å². The number of carbonyl (C=O) groups is 1. The second-order valence-electron chi connectivity index (χ2n) is 5.76. The number of amides is 1. The molecule has 126 valence electrons. The molecule has 0 atom stereocenters. The molecule has 1 heterocycles. The monoisotopic (exact) mass is 318 g/mol. The second kappa shape index (κ2) is 9.33. The summed E-state index contributed by atoms with van der Waals surface area (Å²) in [5, 5.41) is 4.94. The minimum atomic E-state index is 0.141. The summed E-state index contributed by atoms with van der Waals surface area (Å²) in [4.78, 5) is 11.3. The molecule has 1 aromatic carbocycles. The average Bonchev–Trinajstić information content (AvgIpc) is 2.94. The first-order chi connectivity index (χ1) is 11.2. The lowest BCUT2D eigenvalue weighted by atomic mass is 10.0. The molecule has 0 spiro atoms. The molecule has 5 nitrogen and oxygen atoms in total. The lowest BCUT2D eigenvalue weighted by Crippen LogP contribution is -2.69. The smallest absolute Gasteiger partial charge is 0.219 e. The number of carbonyl (C=O) groups excluding carboxylic acids is 1. The van der Waals surface area contributed by atoms with Crippen LogP contribution < -0.4 is 21.1 Å². The van der Waals surface area contributed by atoms with Gasteiger partial charge in [0, 0.05) is 30.2 Å². The maximum atomic E-state index is 11.3. The van der Waals surface area contributed by atoms with Crippen molar-refractivity contribution >= 4 is 17.2 Å². The third-order valence-electron chi connectivity index (χ3n) is 3.94. The zero-order chi connectivity index (χ0) is 16.5. The van der Waals surface area contributed by atoms with Crippen molar-refractivity contribution in [2.24, 2.45) is 5.73 Å². The van der Waals surface area contributed by atoms with Gasteiger partial charge in [0.1, 0.15) is 17.6 Å². The number of hydrogen-bond donors (Lipinski definition) is 3. The Morgan fingerprint density at radius 2 is 2.17 bits per heavy atom. The highest BCUT2D eigenvalue weighted by molar-refractivity contribution is 5.76. The Kier molecular flexibility index (Phi) is 7.10. The number of rotatable bonds is 10. The van der Waals surface area contributed by atoms with E-state index in [0.717, 1.165) is 31.4 Å². The summed E-state index contributed by atoms with van der Waals surface area (Å²) in [6.07, 6.45) is 6.53. The lowest BCUT2D eigenvalue weighted by Gasteiger charge is -2.08. The van der Waals surface area contributed by atoms with Crippen molar-refractivity contribution in [3.63, 3.8) is 0 Å².